The summed E-state index contributed by atoms with van der Waals surface area (Å²) in [5, 5.41) is 6.51. The maximum absolute atomic E-state index is 15.1. The van der Waals surface area contributed by atoms with Gasteiger partial charge in [-0.05, 0) is 54.8 Å². The largest absolute Gasteiger partial charge is 0.434 e. The van der Waals surface area contributed by atoms with Crippen molar-refractivity contribution in [1.82, 2.24) is 14.5 Å². The van der Waals surface area contributed by atoms with Gasteiger partial charge in [-0.2, -0.15) is 4.31 Å². The van der Waals surface area contributed by atoms with Crippen molar-refractivity contribution in [3.05, 3.63) is 87.0 Å². The number of nitrogens with zero attached hydrogens (tertiary/aromatic N) is 3. The molecule has 0 saturated heterocycles. The number of sulfonamides is 1. The molecule has 34 heavy (non-hydrogen) atoms. The van der Waals surface area contributed by atoms with Crippen LogP contribution in [-0.2, 0) is 10.0 Å². The fourth-order valence-corrected chi connectivity index (χ4v) is 6.40. The van der Waals surface area contributed by atoms with E-state index < -0.39 is 33.6 Å². The Balaban J connectivity index is 1.94. The van der Waals surface area contributed by atoms with Crippen molar-refractivity contribution in [2.75, 3.05) is 18.1 Å². The first-order valence-corrected chi connectivity index (χ1v) is 12.4. The molecule has 0 saturated carbocycles. The summed E-state index contributed by atoms with van der Waals surface area (Å²) < 4.78 is 49.2. The molecule has 1 aromatic heterocycles. The minimum Gasteiger partial charge on any atom is -0.391 e. The summed E-state index contributed by atoms with van der Waals surface area (Å²) in [4.78, 5) is 13.6. The molecule has 0 spiro atoms. The summed E-state index contributed by atoms with van der Waals surface area (Å²) in [6.07, 6.45) is 1.64. The van der Waals surface area contributed by atoms with Gasteiger partial charge in [0.2, 0.25) is 15.9 Å². The van der Waals surface area contributed by atoms with Gasteiger partial charge in [0.25, 0.3) is 0 Å². The first-order valence-electron chi connectivity index (χ1n) is 10.5. The highest BCUT2D eigenvalue weighted by molar-refractivity contribution is 7.89. The molecule has 1 aliphatic heterocycles. The first kappa shape index (κ1) is 24.2. The Kier molecular flexibility index (Phi) is 6.41. The van der Waals surface area contributed by atoms with Gasteiger partial charge in [-0.1, -0.05) is 30.7 Å². The fourth-order valence-electron chi connectivity index (χ4n) is 4.43. The van der Waals surface area contributed by atoms with Crippen LogP contribution >= 0.6 is 11.6 Å². The van der Waals surface area contributed by atoms with Crippen LogP contribution in [0.25, 0.3) is 0 Å². The average molecular weight is 507 g/mol. The smallest absolute Gasteiger partial charge is 0.391 e. The SMILES string of the molecule is C=CCN1CN([C@@H](c2n[nH]c(=O)o2)[C@@H](C)c2c(F)ccc(C)c2C)S(=O)(=O)c2ccc(Cl)cc21. The maximum atomic E-state index is 15.1. The fraction of sp³-hybridized carbons (Fsp3) is 0.304. The zero-order chi connectivity index (χ0) is 24.8. The minimum absolute atomic E-state index is 0.0292. The number of fused-ring (bicyclic) bond motifs is 1. The van der Waals surface area contributed by atoms with E-state index in [0.29, 0.717) is 28.4 Å². The summed E-state index contributed by atoms with van der Waals surface area (Å²) in [5.41, 5.74) is 2.28. The third-order valence-electron chi connectivity index (χ3n) is 6.19. The maximum Gasteiger partial charge on any atom is 0.434 e. The molecule has 0 unspecified atom stereocenters. The van der Waals surface area contributed by atoms with Crippen molar-refractivity contribution in [2.45, 2.75) is 37.6 Å². The number of aromatic amines is 1. The van der Waals surface area contributed by atoms with Crippen molar-refractivity contribution >= 4 is 27.3 Å². The van der Waals surface area contributed by atoms with E-state index in [9.17, 15) is 13.2 Å². The Morgan fingerprint density at radius 2 is 2.06 bits per heavy atom. The van der Waals surface area contributed by atoms with E-state index in [2.05, 4.69) is 16.8 Å². The molecule has 11 heteroatoms. The number of anilines is 1. The predicted molar refractivity (Wildman–Crippen MR) is 127 cm³/mol. The highest BCUT2D eigenvalue weighted by Gasteiger charge is 2.45. The number of hydrogen-bond donors (Lipinski definition) is 1. The third kappa shape index (κ3) is 4.06. The van der Waals surface area contributed by atoms with Crippen molar-refractivity contribution < 1.29 is 17.2 Å². The van der Waals surface area contributed by atoms with E-state index in [1.807, 2.05) is 6.92 Å². The monoisotopic (exact) mass is 506 g/mol. The number of halogens is 2. The Hall–Kier alpha value is -2.95. The van der Waals surface area contributed by atoms with Crippen LogP contribution in [0, 0.1) is 19.7 Å². The number of aromatic nitrogens is 2. The quantitative estimate of drug-likeness (QED) is 0.501. The van der Waals surface area contributed by atoms with E-state index in [0.717, 1.165) is 5.56 Å². The molecule has 0 amide bonds. The van der Waals surface area contributed by atoms with Crippen LogP contribution in [0.5, 0.6) is 0 Å². The number of rotatable bonds is 6. The molecule has 2 aromatic carbocycles. The zero-order valence-corrected chi connectivity index (χ0v) is 20.5. The third-order valence-corrected chi connectivity index (χ3v) is 8.28. The molecule has 8 nitrogen and oxygen atoms in total. The van der Waals surface area contributed by atoms with Gasteiger partial charge in [0, 0.05) is 17.5 Å². The number of aryl methyl sites for hydroxylation is 1. The second kappa shape index (κ2) is 9.01. The van der Waals surface area contributed by atoms with Gasteiger partial charge in [-0.3, -0.25) is 0 Å². The number of benzene rings is 2. The van der Waals surface area contributed by atoms with Crippen molar-refractivity contribution in [3.8, 4) is 0 Å². The Morgan fingerprint density at radius 1 is 1.32 bits per heavy atom. The summed E-state index contributed by atoms with van der Waals surface area (Å²) in [7, 11) is -4.12. The van der Waals surface area contributed by atoms with Gasteiger partial charge in [0.15, 0.2) is 0 Å². The zero-order valence-electron chi connectivity index (χ0n) is 18.9. The van der Waals surface area contributed by atoms with Crippen molar-refractivity contribution in [3.63, 3.8) is 0 Å². The Bertz CT molecular complexity index is 1420. The molecule has 0 bridgehead atoms. The van der Waals surface area contributed by atoms with Crippen LogP contribution in [0.1, 0.15) is 41.5 Å². The molecule has 1 aliphatic rings. The van der Waals surface area contributed by atoms with Crippen LogP contribution < -0.4 is 10.7 Å². The molecule has 3 aromatic rings. The van der Waals surface area contributed by atoms with E-state index >= 15 is 4.39 Å². The summed E-state index contributed by atoms with van der Waals surface area (Å²) >= 11 is 6.15. The van der Waals surface area contributed by atoms with Gasteiger partial charge >= 0.3 is 5.76 Å². The lowest BCUT2D eigenvalue weighted by molar-refractivity contribution is 0.236. The highest BCUT2D eigenvalue weighted by Crippen LogP contribution is 2.44. The van der Waals surface area contributed by atoms with E-state index in [1.54, 1.807) is 37.0 Å². The number of hydrogen-bond acceptors (Lipinski definition) is 6. The van der Waals surface area contributed by atoms with Gasteiger partial charge < -0.3 is 9.32 Å². The lowest BCUT2D eigenvalue weighted by Gasteiger charge is -2.41. The Labute approximate surface area is 201 Å². The molecular formula is C23H24ClFN4O4S. The first-order chi connectivity index (χ1) is 16.1. The Morgan fingerprint density at radius 3 is 2.71 bits per heavy atom. The van der Waals surface area contributed by atoms with Crippen LogP contribution in [0.2, 0.25) is 5.02 Å². The normalized spacial score (nSPS) is 17.3. The van der Waals surface area contributed by atoms with E-state index in [1.165, 1.54) is 22.5 Å². The van der Waals surface area contributed by atoms with Gasteiger partial charge in [-0.25, -0.2) is 22.7 Å². The molecule has 0 aliphatic carbocycles. The molecule has 1 N–H and O–H groups in total. The second-order valence-corrected chi connectivity index (χ2v) is 10.5. The minimum atomic E-state index is -4.12. The lowest BCUT2D eigenvalue weighted by Crippen LogP contribution is -2.49. The van der Waals surface area contributed by atoms with Gasteiger partial charge in [0.1, 0.15) is 16.8 Å². The highest BCUT2D eigenvalue weighted by atomic mass is 35.5. The standard InChI is InChI=1S/C23H24ClFN4O4S/c1-5-10-28-12-29(34(31,32)19-9-7-16(24)11-18(19)28)21(22-26-27-23(30)33-22)15(4)20-14(3)13(2)6-8-17(20)25/h5-9,11,15,21H,1,10,12H2,2-4H3,(H,27,30)/t15-,21+/m0/s1. The number of nitrogens with one attached hydrogen (secondary N) is 1. The summed E-state index contributed by atoms with van der Waals surface area (Å²) in [5.74, 6) is -2.22. The molecule has 2 heterocycles. The molecule has 4 rings (SSSR count). The molecular weight excluding hydrogens is 483 g/mol. The van der Waals surface area contributed by atoms with E-state index in [4.69, 9.17) is 16.0 Å². The topological polar surface area (TPSA) is 99.5 Å². The molecule has 2 atom stereocenters. The van der Waals surface area contributed by atoms with Crippen LogP contribution in [0.3, 0.4) is 0 Å². The summed E-state index contributed by atoms with van der Waals surface area (Å²) in [6.45, 7) is 9.28. The van der Waals surface area contributed by atoms with Crippen LogP contribution in [0.4, 0.5) is 10.1 Å². The van der Waals surface area contributed by atoms with Gasteiger partial charge in [-0.15, -0.1) is 11.7 Å². The van der Waals surface area contributed by atoms with Crippen LogP contribution in [-0.4, -0.2) is 36.1 Å². The second-order valence-electron chi connectivity index (χ2n) is 8.24. The predicted octanol–water partition coefficient (Wildman–Crippen LogP) is 4.27. The van der Waals surface area contributed by atoms with Crippen LogP contribution in [0.15, 0.2) is 57.1 Å². The average Bonchev–Trinajstić information content (AvgIpc) is 3.20. The molecule has 180 valence electrons. The van der Waals surface area contributed by atoms with Gasteiger partial charge in [0.05, 0.1) is 12.4 Å². The van der Waals surface area contributed by atoms with E-state index in [-0.39, 0.29) is 17.5 Å². The lowest BCUT2D eigenvalue weighted by atomic mass is 9.87. The number of H-pyrrole nitrogens is 1. The molecule has 0 radical (unpaired) electrons. The van der Waals surface area contributed by atoms with Crippen molar-refractivity contribution in [2.24, 2.45) is 0 Å². The molecule has 0 fully saturated rings. The summed E-state index contributed by atoms with van der Waals surface area (Å²) in [6, 6.07) is 6.38. The van der Waals surface area contributed by atoms with Crippen molar-refractivity contribution in [1.29, 1.82) is 0 Å².